The standard InChI is InChI=1S/C22H19F7O4/c1-2-32-20(30)11-3-5-21(31,6-4-11)12-7-14(23)18(15(24)8-12)22(28,29)33-13-9-16(25)19(27)17(26)10-13/h7-11,31H,2-6H2,1H3. The quantitative estimate of drug-likeness (QED) is 0.339. The number of hydrogen-bond donors (Lipinski definition) is 1. The van der Waals surface area contributed by atoms with Gasteiger partial charge in [0.05, 0.1) is 18.1 Å². The summed E-state index contributed by atoms with van der Waals surface area (Å²) in [5, 5.41) is 10.8. The van der Waals surface area contributed by atoms with Gasteiger partial charge in [0.15, 0.2) is 17.5 Å². The number of carbonyl (C=O) groups is 1. The van der Waals surface area contributed by atoms with Crippen molar-refractivity contribution >= 4 is 5.97 Å². The summed E-state index contributed by atoms with van der Waals surface area (Å²) in [4.78, 5) is 11.8. The predicted octanol–water partition coefficient (Wildman–Crippen LogP) is 5.45. The number of halogens is 7. The van der Waals surface area contributed by atoms with Crippen molar-refractivity contribution in [2.24, 2.45) is 5.92 Å². The molecule has 180 valence electrons. The van der Waals surface area contributed by atoms with Crippen LogP contribution in [0.4, 0.5) is 30.7 Å². The van der Waals surface area contributed by atoms with Crippen LogP contribution in [0.3, 0.4) is 0 Å². The molecule has 0 spiro atoms. The third-order valence-electron chi connectivity index (χ3n) is 5.51. The molecule has 0 aliphatic heterocycles. The Morgan fingerprint density at radius 2 is 1.52 bits per heavy atom. The Hall–Kier alpha value is -2.82. The third-order valence-corrected chi connectivity index (χ3v) is 5.51. The Balaban J connectivity index is 1.85. The largest absolute Gasteiger partial charge is 0.466 e. The molecule has 0 saturated heterocycles. The summed E-state index contributed by atoms with van der Waals surface area (Å²) in [5.74, 6) is -11.3. The van der Waals surface area contributed by atoms with Gasteiger partial charge in [0.2, 0.25) is 0 Å². The summed E-state index contributed by atoms with van der Waals surface area (Å²) >= 11 is 0. The van der Waals surface area contributed by atoms with Crippen LogP contribution in [-0.2, 0) is 21.2 Å². The van der Waals surface area contributed by atoms with Crippen LogP contribution in [0.5, 0.6) is 5.75 Å². The number of ether oxygens (including phenoxy) is 2. The van der Waals surface area contributed by atoms with Crippen LogP contribution < -0.4 is 4.74 Å². The highest BCUT2D eigenvalue weighted by Crippen LogP contribution is 2.43. The van der Waals surface area contributed by atoms with Crippen molar-refractivity contribution in [2.75, 3.05) is 6.61 Å². The van der Waals surface area contributed by atoms with E-state index in [1.807, 2.05) is 0 Å². The van der Waals surface area contributed by atoms with Gasteiger partial charge in [-0.15, -0.1) is 0 Å². The van der Waals surface area contributed by atoms with Gasteiger partial charge in [0, 0.05) is 12.1 Å². The molecule has 1 aliphatic rings. The number of benzene rings is 2. The molecule has 0 bridgehead atoms. The van der Waals surface area contributed by atoms with Gasteiger partial charge >= 0.3 is 12.1 Å². The fraction of sp³-hybridized carbons (Fsp3) is 0.409. The Kier molecular flexibility index (Phi) is 6.92. The predicted molar refractivity (Wildman–Crippen MR) is 99.7 cm³/mol. The molecule has 3 rings (SSSR count). The van der Waals surface area contributed by atoms with Crippen molar-refractivity contribution in [2.45, 2.75) is 44.3 Å². The third kappa shape index (κ3) is 5.07. The SMILES string of the molecule is CCOC(=O)C1CCC(O)(c2cc(F)c(C(F)(F)Oc3cc(F)c(F)c(F)c3)c(F)c2)CC1. The van der Waals surface area contributed by atoms with E-state index in [0.717, 1.165) is 0 Å². The number of aliphatic hydroxyl groups is 1. The second kappa shape index (κ2) is 9.20. The molecule has 0 aromatic heterocycles. The second-order valence-electron chi connectivity index (χ2n) is 7.69. The highest BCUT2D eigenvalue weighted by molar-refractivity contribution is 5.72. The van der Waals surface area contributed by atoms with E-state index in [4.69, 9.17) is 4.74 Å². The average molecular weight is 480 g/mol. The van der Waals surface area contributed by atoms with Crippen LogP contribution >= 0.6 is 0 Å². The van der Waals surface area contributed by atoms with Gasteiger partial charge in [-0.1, -0.05) is 0 Å². The molecular weight excluding hydrogens is 461 g/mol. The number of alkyl halides is 2. The molecule has 4 nitrogen and oxygen atoms in total. The Morgan fingerprint density at radius 3 is 2.00 bits per heavy atom. The van der Waals surface area contributed by atoms with Crippen LogP contribution in [0.1, 0.15) is 43.7 Å². The smallest absolute Gasteiger partial charge is 0.432 e. The van der Waals surface area contributed by atoms with Crippen LogP contribution in [0.2, 0.25) is 0 Å². The number of carbonyl (C=O) groups excluding carboxylic acids is 1. The molecule has 1 aliphatic carbocycles. The highest BCUT2D eigenvalue weighted by atomic mass is 19.3. The molecule has 33 heavy (non-hydrogen) atoms. The van der Waals surface area contributed by atoms with Gasteiger partial charge in [-0.2, -0.15) is 8.78 Å². The van der Waals surface area contributed by atoms with E-state index in [9.17, 15) is 40.6 Å². The first-order valence-electron chi connectivity index (χ1n) is 9.98. The minimum atomic E-state index is -4.73. The van der Waals surface area contributed by atoms with Crippen molar-refractivity contribution in [3.63, 3.8) is 0 Å². The Bertz CT molecular complexity index is 1000. The number of hydrogen-bond acceptors (Lipinski definition) is 4. The maximum Gasteiger partial charge on any atom is 0.432 e. The lowest BCUT2D eigenvalue weighted by Gasteiger charge is -2.36. The van der Waals surface area contributed by atoms with Crippen molar-refractivity contribution in [1.29, 1.82) is 0 Å². The monoisotopic (exact) mass is 480 g/mol. The summed E-state index contributed by atoms with van der Waals surface area (Å²) < 4.78 is 107. The summed E-state index contributed by atoms with van der Waals surface area (Å²) in [6.45, 7) is 1.80. The van der Waals surface area contributed by atoms with Crippen molar-refractivity contribution in [3.8, 4) is 5.75 Å². The molecule has 2 aromatic carbocycles. The van der Waals surface area contributed by atoms with E-state index >= 15 is 0 Å². The van der Waals surface area contributed by atoms with E-state index < -0.39 is 64.0 Å². The zero-order valence-corrected chi connectivity index (χ0v) is 17.2. The number of esters is 1. The highest BCUT2D eigenvalue weighted by Gasteiger charge is 2.44. The summed E-state index contributed by atoms with van der Waals surface area (Å²) in [7, 11) is 0. The van der Waals surface area contributed by atoms with Gasteiger partial charge in [0.1, 0.15) is 22.9 Å². The van der Waals surface area contributed by atoms with Gasteiger partial charge in [-0.25, -0.2) is 22.0 Å². The summed E-state index contributed by atoms with van der Waals surface area (Å²) in [5.41, 5.74) is -3.96. The zero-order chi connectivity index (χ0) is 24.6. The summed E-state index contributed by atoms with van der Waals surface area (Å²) in [6.07, 6.45) is -4.57. The maximum absolute atomic E-state index is 14.6. The van der Waals surface area contributed by atoms with E-state index in [1.165, 1.54) is 0 Å². The second-order valence-corrected chi connectivity index (χ2v) is 7.69. The molecule has 0 radical (unpaired) electrons. The van der Waals surface area contributed by atoms with Gasteiger partial charge in [-0.05, 0) is 50.3 Å². The molecule has 0 heterocycles. The molecule has 1 fully saturated rings. The van der Waals surface area contributed by atoms with Crippen molar-refractivity contribution in [3.05, 3.63) is 64.5 Å². The lowest BCUT2D eigenvalue weighted by molar-refractivity contribution is -0.189. The maximum atomic E-state index is 14.6. The zero-order valence-electron chi connectivity index (χ0n) is 17.2. The van der Waals surface area contributed by atoms with E-state index in [2.05, 4.69) is 4.74 Å². The first-order valence-corrected chi connectivity index (χ1v) is 9.98. The Labute approximate surface area is 183 Å². The molecular formula is C22H19F7O4. The Morgan fingerprint density at radius 1 is 1.00 bits per heavy atom. The fourth-order valence-electron chi connectivity index (χ4n) is 3.79. The molecule has 0 atom stereocenters. The van der Waals surface area contributed by atoms with Crippen LogP contribution in [0.15, 0.2) is 24.3 Å². The molecule has 11 heteroatoms. The molecule has 1 N–H and O–H groups in total. The van der Waals surface area contributed by atoms with Crippen LogP contribution in [0, 0.1) is 35.0 Å². The minimum Gasteiger partial charge on any atom is -0.466 e. The van der Waals surface area contributed by atoms with E-state index in [-0.39, 0.29) is 50.0 Å². The fourth-order valence-corrected chi connectivity index (χ4v) is 3.79. The normalized spacial score (nSPS) is 21.1. The number of rotatable bonds is 6. The van der Waals surface area contributed by atoms with Crippen molar-refractivity contribution < 1.29 is 50.1 Å². The molecule has 0 amide bonds. The summed E-state index contributed by atoms with van der Waals surface area (Å²) in [6, 6.07) is 1.21. The van der Waals surface area contributed by atoms with Crippen LogP contribution in [-0.4, -0.2) is 17.7 Å². The molecule has 2 aromatic rings. The van der Waals surface area contributed by atoms with Gasteiger partial charge in [0.25, 0.3) is 0 Å². The van der Waals surface area contributed by atoms with Crippen molar-refractivity contribution in [1.82, 2.24) is 0 Å². The first-order chi connectivity index (χ1) is 15.4. The minimum absolute atomic E-state index is 0.0737. The van der Waals surface area contributed by atoms with E-state index in [0.29, 0.717) is 12.1 Å². The topological polar surface area (TPSA) is 55.8 Å². The van der Waals surface area contributed by atoms with Crippen LogP contribution in [0.25, 0.3) is 0 Å². The molecule has 1 saturated carbocycles. The lowest BCUT2D eigenvalue weighted by Crippen LogP contribution is -2.35. The molecule has 0 unspecified atom stereocenters. The first kappa shape index (κ1) is 24.8. The van der Waals surface area contributed by atoms with E-state index in [1.54, 1.807) is 6.92 Å². The van der Waals surface area contributed by atoms with Gasteiger partial charge in [-0.3, -0.25) is 4.79 Å². The lowest BCUT2D eigenvalue weighted by atomic mass is 9.75. The van der Waals surface area contributed by atoms with Gasteiger partial charge < -0.3 is 14.6 Å². The average Bonchev–Trinajstić information content (AvgIpc) is 2.71.